The lowest BCUT2D eigenvalue weighted by atomic mass is 10.0. The highest BCUT2D eigenvalue weighted by Gasteiger charge is 2.30. The van der Waals surface area contributed by atoms with Crippen molar-refractivity contribution in [3.8, 4) is 11.6 Å². The maximum absolute atomic E-state index is 15.9. The molecule has 1 unspecified atom stereocenters. The number of anilines is 3. The summed E-state index contributed by atoms with van der Waals surface area (Å²) >= 11 is 0. The third kappa shape index (κ3) is 5.68. The van der Waals surface area contributed by atoms with Crippen LogP contribution in [0.2, 0.25) is 0 Å². The Kier molecular flexibility index (Phi) is 8.12. The smallest absolute Gasteiger partial charge is 0.213 e. The zero-order valence-electron chi connectivity index (χ0n) is 26.2. The summed E-state index contributed by atoms with van der Waals surface area (Å²) in [6, 6.07) is 9.03. The van der Waals surface area contributed by atoms with E-state index in [1.807, 2.05) is 35.4 Å². The van der Waals surface area contributed by atoms with Crippen molar-refractivity contribution in [2.45, 2.75) is 32.5 Å². The lowest BCUT2D eigenvalue weighted by Gasteiger charge is -2.36. The topological polar surface area (TPSA) is 114 Å². The van der Waals surface area contributed by atoms with Crippen LogP contribution in [0.3, 0.4) is 0 Å². The Balaban J connectivity index is 1.29. The minimum Gasteiger partial charge on any atom is -0.487 e. The SMILES string of the molecule is COc1cc(CN(Cc2cn3c4c(c(N5CCNCC5)c(F)cc4c2=O)OCC3C)C2=CCCN(c3ccc(N)nc3)C2)ccn1. The summed E-state index contributed by atoms with van der Waals surface area (Å²) in [6.45, 7) is 7.65. The molecule has 3 aliphatic heterocycles. The number of piperazine rings is 1. The molecule has 1 saturated heterocycles. The fraction of sp³-hybridized carbons (Fsp3) is 0.382. The van der Waals surface area contributed by atoms with Crippen molar-refractivity contribution in [1.29, 1.82) is 0 Å². The molecular formula is C34H39FN8O3. The summed E-state index contributed by atoms with van der Waals surface area (Å²) in [5.74, 6) is 1.03. The molecule has 11 nitrogen and oxygen atoms in total. The van der Waals surface area contributed by atoms with E-state index in [0.29, 0.717) is 78.9 Å². The van der Waals surface area contributed by atoms with Crippen molar-refractivity contribution in [3.63, 3.8) is 0 Å². The largest absolute Gasteiger partial charge is 0.487 e. The predicted molar refractivity (Wildman–Crippen MR) is 177 cm³/mol. The van der Waals surface area contributed by atoms with Crippen LogP contribution < -0.4 is 35.8 Å². The molecule has 1 fully saturated rings. The first-order valence-corrected chi connectivity index (χ1v) is 15.8. The van der Waals surface area contributed by atoms with Gasteiger partial charge in [-0.05, 0) is 43.2 Å². The fourth-order valence-electron chi connectivity index (χ4n) is 6.67. The van der Waals surface area contributed by atoms with E-state index in [-0.39, 0.29) is 11.5 Å². The number of methoxy groups -OCH3 is 1. The van der Waals surface area contributed by atoms with Crippen LogP contribution in [0.15, 0.2) is 65.5 Å². The quantitative estimate of drug-likeness (QED) is 0.300. The van der Waals surface area contributed by atoms with Crippen molar-refractivity contribution in [2.24, 2.45) is 0 Å². The van der Waals surface area contributed by atoms with Crippen molar-refractivity contribution >= 4 is 28.1 Å². The van der Waals surface area contributed by atoms with Gasteiger partial charge in [0.2, 0.25) is 5.88 Å². The van der Waals surface area contributed by atoms with Crippen LogP contribution in [-0.4, -0.2) is 72.4 Å². The van der Waals surface area contributed by atoms with E-state index in [2.05, 4.69) is 42.7 Å². The molecule has 0 radical (unpaired) electrons. The molecule has 3 N–H and O–H groups in total. The minimum absolute atomic E-state index is 0.0315. The maximum Gasteiger partial charge on any atom is 0.213 e. The number of hydrogen-bond acceptors (Lipinski definition) is 10. The molecular weight excluding hydrogens is 587 g/mol. The lowest BCUT2D eigenvalue weighted by Crippen LogP contribution is -2.44. The monoisotopic (exact) mass is 626 g/mol. The van der Waals surface area contributed by atoms with Crippen molar-refractivity contribution in [2.75, 3.05) is 68.5 Å². The molecule has 7 rings (SSSR count). The Bertz CT molecular complexity index is 1840. The third-order valence-electron chi connectivity index (χ3n) is 9.07. The first-order chi connectivity index (χ1) is 22.4. The zero-order chi connectivity index (χ0) is 31.8. The predicted octanol–water partition coefficient (Wildman–Crippen LogP) is 3.68. The van der Waals surface area contributed by atoms with E-state index in [9.17, 15) is 4.79 Å². The molecule has 0 bridgehead atoms. The summed E-state index contributed by atoms with van der Waals surface area (Å²) in [7, 11) is 1.60. The van der Waals surface area contributed by atoms with Gasteiger partial charge in [0.15, 0.2) is 17.0 Å². The summed E-state index contributed by atoms with van der Waals surface area (Å²) in [4.78, 5) is 29.3. The van der Waals surface area contributed by atoms with Crippen LogP contribution in [0, 0.1) is 5.82 Å². The fourth-order valence-corrected chi connectivity index (χ4v) is 6.67. The van der Waals surface area contributed by atoms with Gasteiger partial charge in [-0.15, -0.1) is 0 Å². The van der Waals surface area contributed by atoms with Crippen LogP contribution in [-0.2, 0) is 13.1 Å². The summed E-state index contributed by atoms with van der Waals surface area (Å²) < 4.78 is 29.6. The van der Waals surface area contributed by atoms with Crippen LogP contribution in [0.4, 0.5) is 21.6 Å². The Hall–Kier alpha value is -4.84. The molecule has 3 aromatic heterocycles. The molecule has 3 aliphatic rings. The number of ether oxygens (including phenoxy) is 2. The number of nitrogens with zero attached hydrogens (tertiary/aromatic N) is 6. The number of hydrogen-bond donors (Lipinski definition) is 2. The van der Waals surface area contributed by atoms with Gasteiger partial charge < -0.3 is 39.8 Å². The van der Waals surface area contributed by atoms with Gasteiger partial charge in [-0.3, -0.25) is 4.79 Å². The Morgan fingerprint density at radius 3 is 2.76 bits per heavy atom. The molecule has 1 atom stereocenters. The molecule has 46 heavy (non-hydrogen) atoms. The standard InChI is InChI=1S/C34H39FN8O3/c1-22-21-46-34-31-27(15-28(35)32(34)40-12-9-37-10-13-40)33(44)24(19-43(22)31)18-42(17-23-7-8-38-30(14-23)45-2)26-4-3-11-41(20-26)25-5-6-29(36)39-16-25/h4-8,14-16,19,22,37H,3,9-13,17-18,20-21H2,1-2H3,(H2,36,39). The van der Waals surface area contributed by atoms with E-state index in [0.717, 1.165) is 43.0 Å². The molecule has 4 aromatic rings. The number of benzene rings is 1. The van der Waals surface area contributed by atoms with Gasteiger partial charge in [0.1, 0.15) is 18.1 Å². The van der Waals surface area contributed by atoms with Gasteiger partial charge in [0, 0.05) is 75.5 Å². The van der Waals surface area contributed by atoms with Crippen molar-refractivity contribution in [1.82, 2.24) is 24.8 Å². The Morgan fingerprint density at radius 2 is 1.98 bits per heavy atom. The van der Waals surface area contributed by atoms with Crippen LogP contribution in [0.1, 0.15) is 30.5 Å². The number of aromatic nitrogens is 3. The normalized spacial score (nSPS) is 17.9. The van der Waals surface area contributed by atoms with Gasteiger partial charge in [-0.1, -0.05) is 6.08 Å². The maximum atomic E-state index is 15.9. The lowest BCUT2D eigenvalue weighted by molar-refractivity contribution is 0.245. The van der Waals surface area contributed by atoms with Gasteiger partial charge in [-0.25, -0.2) is 14.4 Å². The average molecular weight is 627 g/mol. The molecule has 1 aromatic carbocycles. The van der Waals surface area contributed by atoms with Crippen molar-refractivity contribution in [3.05, 3.63) is 87.9 Å². The van der Waals surface area contributed by atoms with Crippen molar-refractivity contribution < 1.29 is 13.9 Å². The molecule has 6 heterocycles. The second-order valence-electron chi connectivity index (χ2n) is 12.1. The molecule has 240 valence electrons. The molecule has 12 heteroatoms. The second kappa shape index (κ2) is 12.5. The Labute approximate surface area is 267 Å². The number of nitrogens with one attached hydrogen (secondary N) is 1. The van der Waals surface area contributed by atoms with Gasteiger partial charge in [0.25, 0.3) is 0 Å². The van der Waals surface area contributed by atoms with E-state index < -0.39 is 5.82 Å². The molecule has 0 aliphatic carbocycles. The molecule has 0 spiro atoms. The summed E-state index contributed by atoms with van der Waals surface area (Å²) in [5.41, 5.74) is 10.4. The highest BCUT2D eigenvalue weighted by molar-refractivity contribution is 5.92. The third-order valence-corrected chi connectivity index (χ3v) is 9.07. The number of nitrogen functional groups attached to an aromatic ring is 1. The number of rotatable bonds is 8. The second-order valence-corrected chi connectivity index (χ2v) is 12.1. The highest BCUT2D eigenvalue weighted by Crippen LogP contribution is 2.42. The van der Waals surface area contributed by atoms with Gasteiger partial charge in [-0.2, -0.15) is 0 Å². The average Bonchev–Trinajstić information content (AvgIpc) is 3.08. The molecule has 0 saturated carbocycles. The van der Waals surface area contributed by atoms with E-state index in [1.54, 1.807) is 19.5 Å². The summed E-state index contributed by atoms with van der Waals surface area (Å²) in [6.07, 6.45) is 8.53. The van der Waals surface area contributed by atoms with E-state index in [1.165, 1.54) is 6.07 Å². The first kappa shape index (κ1) is 29.8. The summed E-state index contributed by atoms with van der Waals surface area (Å²) in [5, 5.41) is 3.66. The van der Waals surface area contributed by atoms with E-state index in [4.69, 9.17) is 15.2 Å². The van der Waals surface area contributed by atoms with Gasteiger partial charge in [0.05, 0.1) is 42.5 Å². The number of nitrogens with two attached hydrogens (primary N) is 1. The minimum atomic E-state index is -0.428. The van der Waals surface area contributed by atoms with Crippen LogP contribution >= 0.6 is 0 Å². The Morgan fingerprint density at radius 1 is 1.13 bits per heavy atom. The number of pyridine rings is 3. The van der Waals surface area contributed by atoms with E-state index >= 15 is 4.39 Å². The zero-order valence-corrected chi connectivity index (χ0v) is 26.2. The number of halogens is 1. The highest BCUT2D eigenvalue weighted by atomic mass is 19.1. The molecule has 0 amide bonds. The van der Waals surface area contributed by atoms with Crippen LogP contribution in [0.5, 0.6) is 11.6 Å². The van der Waals surface area contributed by atoms with Gasteiger partial charge >= 0.3 is 0 Å². The first-order valence-electron chi connectivity index (χ1n) is 15.8. The van der Waals surface area contributed by atoms with Crippen LogP contribution in [0.25, 0.3) is 10.9 Å².